The van der Waals surface area contributed by atoms with Crippen molar-refractivity contribution in [1.82, 2.24) is 9.03 Å². The fraction of sp³-hybridized carbons (Fsp3) is 0.500. The van der Waals surface area contributed by atoms with E-state index in [1.54, 1.807) is 20.1 Å². The molecule has 0 aliphatic rings. The second-order valence-corrected chi connectivity index (χ2v) is 6.18. The van der Waals surface area contributed by atoms with Crippen molar-refractivity contribution < 1.29 is 13.2 Å². The first-order valence-electron chi connectivity index (χ1n) is 5.95. The number of ether oxygens (including phenoxy) is 1. The van der Waals surface area contributed by atoms with Crippen molar-refractivity contribution in [2.75, 3.05) is 20.7 Å². The molecule has 0 bridgehead atoms. The summed E-state index contributed by atoms with van der Waals surface area (Å²) in [5.74, 6) is 0.701. The molecule has 0 amide bonds. The first-order chi connectivity index (χ1) is 8.89. The van der Waals surface area contributed by atoms with Gasteiger partial charge in [-0.15, -0.1) is 0 Å². The summed E-state index contributed by atoms with van der Waals surface area (Å²) in [5, 5.41) is 0. The molecule has 0 saturated carbocycles. The number of benzene rings is 1. The zero-order chi connectivity index (χ0) is 14.5. The van der Waals surface area contributed by atoms with E-state index < -0.39 is 10.2 Å². The van der Waals surface area contributed by atoms with Gasteiger partial charge < -0.3 is 10.5 Å². The van der Waals surface area contributed by atoms with Crippen LogP contribution in [0.5, 0.6) is 5.75 Å². The molecule has 0 aliphatic carbocycles. The van der Waals surface area contributed by atoms with Crippen LogP contribution in [-0.2, 0) is 16.8 Å². The minimum absolute atomic E-state index is 0.256. The van der Waals surface area contributed by atoms with Crippen LogP contribution in [0.1, 0.15) is 12.5 Å². The van der Waals surface area contributed by atoms with Gasteiger partial charge in [0.1, 0.15) is 5.75 Å². The lowest BCUT2D eigenvalue weighted by Gasteiger charge is -2.20. The molecule has 3 N–H and O–H groups in total. The van der Waals surface area contributed by atoms with Crippen molar-refractivity contribution in [3.8, 4) is 5.75 Å². The van der Waals surface area contributed by atoms with Crippen LogP contribution in [0, 0.1) is 0 Å². The van der Waals surface area contributed by atoms with Gasteiger partial charge in [-0.25, -0.2) is 0 Å². The lowest BCUT2D eigenvalue weighted by Crippen LogP contribution is -2.44. The highest BCUT2D eigenvalue weighted by Gasteiger charge is 2.19. The fourth-order valence-electron chi connectivity index (χ4n) is 1.51. The van der Waals surface area contributed by atoms with Crippen LogP contribution in [0.4, 0.5) is 0 Å². The van der Waals surface area contributed by atoms with E-state index in [-0.39, 0.29) is 19.1 Å². The molecule has 108 valence electrons. The Morgan fingerprint density at radius 3 is 2.74 bits per heavy atom. The Balaban J connectivity index is 2.75. The number of methoxy groups -OCH3 is 1. The van der Waals surface area contributed by atoms with E-state index in [9.17, 15) is 8.42 Å². The highest BCUT2D eigenvalue weighted by Crippen LogP contribution is 2.14. The lowest BCUT2D eigenvalue weighted by atomic mass is 10.2. The second kappa shape index (κ2) is 6.85. The van der Waals surface area contributed by atoms with Gasteiger partial charge in [0.25, 0.3) is 10.2 Å². The summed E-state index contributed by atoms with van der Waals surface area (Å²) in [7, 11) is -0.435. The van der Waals surface area contributed by atoms with E-state index in [4.69, 9.17) is 10.5 Å². The Kier molecular flexibility index (Phi) is 5.74. The van der Waals surface area contributed by atoms with Crippen molar-refractivity contribution in [2.45, 2.75) is 19.5 Å². The molecule has 1 aromatic rings. The summed E-state index contributed by atoms with van der Waals surface area (Å²) in [6, 6.07) is 6.99. The average Bonchev–Trinajstić information content (AvgIpc) is 2.38. The van der Waals surface area contributed by atoms with Crippen LogP contribution in [0.2, 0.25) is 0 Å². The highest BCUT2D eigenvalue weighted by molar-refractivity contribution is 7.87. The molecule has 0 fully saturated rings. The maximum absolute atomic E-state index is 12.0. The Morgan fingerprint density at radius 1 is 1.47 bits per heavy atom. The quantitative estimate of drug-likeness (QED) is 0.756. The van der Waals surface area contributed by atoms with Gasteiger partial charge in [-0.2, -0.15) is 17.4 Å². The van der Waals surface area contributed by atoms with Gasteiger partial charge in [0.05, 0.1) is 7.11 Å². The molecule has 6 nitrogen and oxygen atoms in total. The van der Waals surface area contributed by atoms with E-state index in [1.165, 1.54) is 11.4 Å². The van der Waals surface area contributed by atoms with Gasteiger partial charge in [-0.05, 0) is 24.6 Å². The van der Waals surface area contributed by atoms with Gasteiger partial charge in [0, 0.05) is 26.2 Å². The predicted molar refractivity (Wildman–Crippen MR) is 75.0 cm³/mol. The first kappa shape index (κ1) is 15.9. The summed E-state index contributed by atoms with van der Waals surface area (Å²) in [5.41, 5.74) is 6.26. The number of nitrogens with zero attached hydrogens (tertiary/aromatic N) is 1. The van der Waals surface area contributed by atoms with Crippen LogP contribution in [0.15, 0.2) is 24.3 Å². The molecular weight excluding hydrogens is 266 g/mol. The maximum Gasteiger partial charge on any atom is 0.279 e. The molecule has 0 saturated heterocycles. The number of hydrogen-bond donors (Lipinski definition) is 2. The standard InChI is InChI=1S/C12H21N3O3S/c1-10(8-13)14-19(16,17)15(2)9-11-5-4-6-12(7-11)18-3/h4-7,10,14H,8-9,13H2,1-3H3. The van der Waals surface area contributed by atoms with Crippen LogP contribution in [-0.4, -0.2) is 39.5 Å². The predicted octanol–water partition coefficient (Wildman–Crippen LogP) is 0.309. The minimum Gasteiger partial charge on any atom is -0.497 e. The van der Waals surface area contributed by atoms with Gasteiger partial charge in [0.15, 0.2) is 0 Å². The summed E-state index contributed by atoms with van der Waals surface area (Å²) in [6.45, 7) is 2.24. The normalized spacial score (nSPS) is 13.5. The number of nitrogens with one attached hydrogen (secondary N) is 1. The van der Waals surface area contributed by atoms with E-state index in [0.717, 1.165) is 5.56 Å². The van der Waals surface area contributed by atoms with Crippen LogP contribution in [0.25, 0.3) is 0 Å². The van der Waals surface area contributed by atoms with Crippen LogP contribution >= 0.6 is 0 Å². The smallest absolute Gasteiger partial charge is 0.279 e. The lowest BCUT2D eigenvalue weighted by molar-refractivity contribution is 0.411. The third kappa shape index (κ3) is 4.79. The molecule has 19 heavy (non-hydrogen) atoms. The van der Waals surface area contributed by atoms with Crippen molar-refractivity contribution in [2.24, 2.45) is 5.73 Å². The third-order valence-corrected chi connectivity index (χ3v) is 4.30. The Labute approximate surface area is 114 Å². The van der Waals surface area contributed by atoms with Crippen LogP contribution in [0.3, 0.4) is 0 Å². The van der Waals surface area contributed by atoms with Crippen LogP contribution < -0.4 is 15.2 Å². The zero-order valence-corrected chi connectivity index (χ0v) is 12.3. The van der Waals surface area contributed by atoms with Crippen molar-refractivity contribution in [3.63, 3.8) is 0 Å². The first-order valence-corrected chi connectivity index (χ1v) is 7.39. The Hall–Kier alpha value is -1.15. The molecular formula is C12H21N3O3S. The molecule has 0 aliphatic heterocycles. The zero-order valence-electron chi connectivity index (χ0n) is 11.5. The van der Waals surface area contributed by atoms with E-state index in [2.05, 4.69) is 4.72 Å². The summed E-state index contributed by atoms with van der Waals surface area (Å²) >= 11 is 0. The fourth-order valence-corrected chi connectivity index (χ4v) is 2.61. The summed E-state index contributed by atoms with van der Waals surface area (Å²) < 4.78 is 32.8. The molecule has 0 spiro atoms. The molecule has 0 heterocycles. The van der Waals surface area contributed by atoms with Crippen molar-refractivity contribution in [1.29, 1.82) is 0 Å². The highest BCUT2D eigenvalue weighted by atomic mass is 32.2. The largest absolute Gasteiger partial charge is 0.497 e. The van der Waals surface area contributed by atoms with Gasteiger partial charge in [-0.1, -0.05) is 12.1 Å². The molecule has 1 rings (SSSR count). The second-order valence-electron chi connectivity index (χ2n) is 4.37. The van der Waals surface area contributed by atoms with Gasteiger partial charge in [-0.3, -0.25) is 0 Å². The molecule has 1 unspecified atom stereocenters. The van der Waals surface area contributed by atoms with Crippen molar-refractivity contribution >= 4 is 10.2 Å². The van der Waals surface area contributed by atoms with E-state index >= 15 is 0 Å². The molecule has 1 atom stereocenters. The topological polar surface area (TPSA) is 84.7 Å². The average molecular weight is 287 g/mol. The number of hydrogen-bond acceptors (Lipinski definition) is 4. The van der Waals surface area contributed by atoms with Crippen molar-refractivity contribution in [3.05, 3.63) is 29.8 Å². The Morgan fingerprint density at radius 2 is 2.16 bits per heavy atom. The van der Waals surface area contributed by atoms with Gasteiger partial charge in [0.2, 0.25) is 0 Å². The number of rotatable bonds is 7. The van der Waals surface area contributed by atoms with Gasteiger partial charge >= 0.3 is 0 Å². The van der Waals surface area contributed by atoms with E-state index in [0.29, 0.717) is 5.75 Å². The monoisotopic (exact) mass is 287 g/mol. The molecule has 1 aromatic carbocycles. The Bertz CT molecular complexity index is 505. The summed E-state index contributed by atoms with van der Waals surface area (Å²) in [6.07, 6.45) is 0. The molecule has 7 heteroatoms. The molecule has 0 radical (unpaired) electrons. The van der Waals surface area contributed by atoms with E-state index in [1.807, 2.05) is 18.2 Å². The number of nitrogens with two attached hydrogens (primary N) is 1. The SMILES string of the molecule is COc1cccc(CN(C)S(=O)(=O)NC(C)CN)c1. The minimum atomic E-state index is -3.53. The molecule has 0 aromatic heterocycles. The third-order valence-electron chi connectivity index (χ3n) is 2.65. The summed E-state index contributed by atoms with van der Waals surface area (Å²) in [4.78, 5) is 0. The maximum atomic E-state index is 12.0.